The maximum Gasteiger partial charge on any atom is 0.330 e. The number of aromatic nitrogens is 2. The molecule has 2 aromatic carbocycles. The first-order valence-corrected chi connectivity index (χ1v) is 10.2. The summed E-state index contributed by atoms with van der Waals surface area (Å²) in [5, 5.41) is 14.4. The van der Waals surface area contributed by atoms with Crippen LogP contribution in [0.2, 0.25) is 0 Å². The molecule has 0 aliphatic heterocycles. The predicted octanol–water partition coefficient (Wildman–Crippen LogP) is 1.41. The highest BCUT2D eigenvalue weighted by Crippen LogP contribution is 2.27. The molecular weight excluding hydrogens is 444 g/mol. The molecule has 0 atom stereocenters. The summed E-state index contributed by atoms with van der Waals surface area (Å²) in [7, 11) is 2.81. The summed E-state index contributed by atoms with van der Waals surface area (Å²) in [6.07, 6.45) is 0. The minimum absolute atomic E-state index is 0.0360. The molecule has 0 saturated carbocycles. The highest BCUT2D eigenvalue weighted by atomic mass is 16.6. The Kier molecular flexibility index (Phi) is 7.43. The van der Waals surface area contributed by atoms with E-state index in [1.165, 1.54) is 26.3 Å². The lowest BCUT2D eigenvalue weighted by molar-refractivity contribution is -0.384. The van der Waals surface area contributed by atoms with Crippen molar-refractivity contribution in [3.05, 3.63) is 90.6 Å². The summed E-state index contributed by atoms with van der Waals surface area (Å²) in [6, 6.07) is 12.9. The average Bonchev–Trinajstić information content (AvgIpc) is 2.82. The number of nitrogens with two attached hydrogens (primary N) is 1. The Balaban J connectivity index is 1.97. The van der Waals surface area contributed by atoms with Crippen LogP contribution in [0.4, 0.5) is 22.9 Å². The van der Waals surface area contributed by atoms with Gasteiger partial charge in [0.1, 0.15) is 11.5 Å². The number of nitro benzene ring substituents is 1. The third kappa shape index (κ3) is 5.13. The molecule has 0 spiro atoms. The van der Waals surface area contributed by atoms with Crippen LogP contribution in [0.5, 0.6) is 0 Å². The lowest BCUT2D eigenvalue weighted by atomic mass is 10.1. The summed E-state index contributed by atoms with van der Waals surface area (Å²) < 4.78 is 6.06. The van der Waals surface area contributed by atoms with Gasteiger partial charge in [-0.25, -0.2) is 4.79 Å². The number of amides is 1. The fourth-order valence-corrected chi connectivity index (χ4v) is 3.37. The van der Waals surface area contributed by atoms with Gasteiger partial charge < -0.3 is 20.7 Å². The van der Waals surface area contributed by atoms with Crippen LogP contribution in [0, 0.1) is 10.1 Å². The molecular formula is C22H24N6O6. The molecule has 0 aliphatic carbocycles. The number of carbonyl (C=O) groups excluding carboxylic acids is 1. The van der Waals surface area contributed by atoms with Gasteiger partial charge in [0.15, 0.2) is 5.69 Å². The number of hydrogen-bond acceptors (Lipinski definition) is 8. The van der Waals surface area contributed by atoms with Crippen molar-refractivity contribution >= 4 is 28.8 Å². The van der Waals surface area contributed by atoms with E-state index in [4.69, 9.17) is 10.5 Å². The zero-order valence-corrected chi connectivity index (χ0v) is 18.6. The van der Waals surface area contributed by atoms with Gasteiger partial charge in [0.2, 0.25) is 0 Å². The Hall–Kier alpha value is -4.45. The SMILES string of the molecule is COCCNc1ccc(C(=O)N(C)c2c(N)n(Cc3ccccc3)c(=O)[nH]c2=O)cc1[N+](=O)[O-]. The van der Waals surface area contributed by atoms with Crippen molar-refractivity contribution in [2.75, 3.05) is 43.3 Å². The van der Waals surface area contributed by atoms with E-state index in [1.54, 1.807) is 24.3 Å². The van der Waals surface area contributed by atoms with Gasteiger partial charge in [-0.3, -0.25) is 29.3 Å². The second-order valence-electron chi connectivity index (χ2n) is 7.34. The lowest BCUT2D eigenvalue weighted by Gasteiger charge is -2.20. The first-order valence-electron chi connectivity index (χ1n) is 10.2. The molecule has 34 heavy (non-hydrogen) atoms. The minimum atomic E-state index is -0.852. The standard InChI is InChI=1S/C22H24N6O6/c1-26(21(30)15-8-9-16(24-10-11-34-2)17(12-15)28(32)33)18-19(23)27(22(31)25-20(18)29)13-14-6-4-3-5-7-14/h3-9,12,24H,10-11,13,23H2,1-2H3,(H,25,29,31). The maximum atomic E-state index is 13.1. The van der Waals surface area contributed by atoms with Crippen LogP contribution in [0.15, 0.2) is 58.1 Å². The summed E-state index contributed by atoms with van der Waals surface area (Å²) in [5.41, 5.74) is 4.95. The number of rotatable bonds is 9. The van der Waals surface area contributed by atoms with Crippen molar-refractivity contribution in [1.82, 2.24) is 9.55 Å². The molecule has 0 bridgehead atoms. The molecule has 178 valence electrons. The number of hydrogen-bond donors (Lipinski definition) is 3. The molecule has 0 fully saturated rings. The number of nitro groups is 1. The van der Waals surface area contributed by atoms with Gasteiger partial charge in [-0.15, -0.1) is 0 Å². The second-order valence-corrected chi connectivity index (χ2v) is 7.34. The summed E-state index contributed by atoms with van der Waals surface area (Å²) in [6.45, 7) is 0.741. The number of methoxy groups -OCH3 is 1. The van der Waals surface area contributed by atoms with Crippen molar-refractivity contribution in [2.45, 2.75) is 6.54 Å². The number of nitrogens with zero attached hydrogens (tertiary/aromatic N) is 3. The Labute approximate surface area is 193 Å². The van der Waals surface area contributed by atoms with Gasteiger partial charge in [0, 0.05) is 32.3 Å². The zero-order chi connectivity index (χ0) is 24.8. The monoisotopic (exact) mass is 468 g/mol. The van der Waals surface area contributed by atoms with E-state index in [9.17, 15) is 24.5 Å². The fourth-order valence-electron chi connectivity index (χ4n) is 3.37. The van der Waals surface area contributed by atoms with Crippen LogP contribution < -0.4 is 27.2 Å². The Morgan fingerprint density at radius 1 is 1.24 bits per heavy atom. The Bertz CT molecular complexity index is 1320. The molecule has 12 nitrogen and oxygen atoms in total. The number of carbonyl (C=O) groups is 1. The van der Waals surface area contributed by atoms with Gasteiger partial charge in [-0.2, -0.15) is 0 Å². The summed E-state index contributed by atoms with van der Waals surface area (Å²) in [4.78, 5) is 52.1. The zero-order valence-electron chi connectivity index (χ0n) is 18.6. The number of nitrogens with one attached hydrogen (secondary N) is 2. The van der Waals surface area contributed by atoms with E-state index in [2.05, 4.69) is 10.3 Å². The number of anilines is 3. The number of benzene rings is 2. The van der Waals surface area contributed by atoms with E-state index < -0.39 is 22.1 Å². The predicted molar refractivity (Wildman–Crippen MR) is 127 cm³/mol. The fraction of sp³-hybridized carbons (Fsp3) is 0.227. The second kappa shape index (κ2) is 10.4. The van der Waals surface area contributed by atoms with Crippen LogP contribution in [-0.2, 0) is 11.3 Å². The van der Waals surface area contributed by atoms with Crippen LogP contribution in [0.25, 0.3) is 0 Å². The van der Waals surface area contributed by atoms with Crippen molar-refractivity contribution in [3.63, 3.8) is 0 Å². The van der Waals surface area contributed by atoms with Crippen molar-refractivity contribution in [1.29, 1.82) is 0 Å². The van der Waals surface area contributed by atoms with Crippen molar-refractivity contribution in [3.8, 4) is 0 Å². The largest absolute Gasteiger partial charge is 0.383 e. The van der Waals surface area contributed by atoms with Gasteiger partial charge in [0.05, 0.1) is 18.1 Å². The van der Waals surface area contributed by atoms with E-state index in [1.807, 2.05) is 6.07 Å². The van der Waals surface area contributed by atoms with Gasteiger partial charge in [0.25, 0.3) is 17.2 Å². The molecule has 0 aliphatic rings. The molecule has 1 aromatic heterocycles. The number of nitrogen functional groups attached to an aromatic ring is 1. The number of ether oxygens (including phenoxy) is 1. The molecule has 0 unspecified atom stereocenters. The summed E-state index contributed by atoms with van der Waals surface area (Å²) >= 11 is 0. The highest BCUT2D eigenvalue weighted by molar-refractivity contribution is 6.07. The summed E-state index contributed by atoms with van der Waals surface area (Å²) in [5.74, 6) is -0.922. The molecule has 4 N–H and O–H groups in total. The molecule has 0 saturated heterocycles. The smallest absolute Gasteiger partial charge is 0.330 e. The van der Waals surface area contributed by atoms with Crippen molar-refractivity contribution in [2.24, 2.45) is 0 Å². The topological polar surface area (TPSA) is 166 Å². The molecule has 1 heterocycles. The van der Waals surface area contributed by atoms with E-state index >= 15 is 0 Å². The Morgan fingerprint density at radius 2 is 1.94 bits per heavy atom. The van der Waals surface area contributed by atoms with E-state index in [0.29, 0.717) is 13.2 Å². The van der Waals surface area contributed by atoms with Gasteiger partial charge in [-0.1, -0.05) is 30.3 Å². The Morgan fingerprint density at radius 3 is 2.59 bits per heavy atom. The molecule has 3 rings (SSSR count). The van der Waals surface area contributed by atoms with E-state index in [0.717, 1.165) is 21.1 Å². The first-order chi connectivity index (χ1) is 16.2. The quantitative estimate of drug-likeness (QED) is 0.241. The van der Waals surface area contributed by atoms with Crippen LogP contribution >= 0.6 is 0 Å². The molecule has 1 amide bonds. The first kappa shape index (κ1) is 24.2. The normalized spacial score (nSPS) is 10.6. The van der Waals surface area contributed by atoms with Gasteiger partial charge >= 0.3 is 5.69 Å². The van der Waals surface area contributed by atoms with Crippen molar-refractivity contribution < 1.29 is 14.5 Å². The third-order valence-electron chi connectivity index (χ3n) is 5.10. The third-order valence-corrected chi connectivity index (χ3v) is 5.10. The molecule has 12 heteroatoms. The number of H-pyrrole nitrogens is 1. The maximum absolute atomic E-state index is 13.1. The van der Waals surface area contributed by atoms with Crippen LogP contribution in [0.3, 0.4) is 0 Å². The van der Waals surface area contributed by atoms with Crippen LogP contribution in [0.1, 0.15) is 15.9 Å². The van der Waals surface area contributed by atoms with E-state index in [-0.39, 0.29) is 35.0 Å². The molecule has 0 radical (unpaired) electrons. The minimum Gasteiger partial charge on any atom is -0.383 e. The highest BCUT2D eigenvalue weighted by Gasteiger charge is 2.24. The number of aromatic amines is 1. The van der Waals surface area contributed by atoms with Crippen LogP contribution in [-0.4, -0.2) is 47.7 Å². The van der Waals surface area contributed by atoms with Gasteiger partial charge in [-0.05, 0) is 17.7 Å². The average molecular weight is 468 g/mol. The lowest BCUT2D eigenvalue weighted by Crippen LogP contribution is -2.39. The molecule has 3 aromatic rings.